The van der Waals surface area contributed by atoms with E-state index >= 15 is 0 Å². The zero-order valence-corrected chi connectivity index (χ0v) is 16.8. The zero-order chi connectivity index (χ0) is 21.8. The molecule has 10 heteroatoms. The third-order valence-electron chi connectivity index (χ3n) is 5.57. The molecule has 1 aliphatic rings. The Balaban J connectivity index is 0.000000166. The fourth-order valence-electron chi connectivity index (χ4n) is 3.99. The van der Waals surface area contributed by atoms with Crippen LogP contribution in [0.4, 0.5) is 11.4 Å². The van der Waals surface area contributed by atoms with E-state index in [1.165, 1.54) is 50.6 Å². The summed E-state index contributed by atoms with van der Waals surface area (Å²) in [6.45, 7) is 0.980. The second kappa shape index (κ2) is 8.90. The molecule has 0 unspecified atom stereocenters. The summed E-state index contributed by atoms with van der Waals surface area (Å²) in [7, 11) is 0. The van der Waals surface area contributed by atoms with Crippen molar-refractivity contribution in [1.29, 1.82) is 0 Å². The van der Waals surface area contributed by atoms with Gasteiger partial charge in [-0.3, -0.25) is 20.2 Å². The molecule has 31 heavy (non-hydrogen) atoms. The van der Waals surface area contributed by atoms with E-state index < -0.39 is 9.85 Å². The first-order chi connectivity index (χ1) is 15.0. The molecule has 1 aliphatic carbocycles. The first-order valence-electron chi connectivity index (χ1n) is 10.2. The molecule has 1 fully saturated rings. The van der Waals surface area contributed by atoms with Crippen LogP contribution in [0.5, 0.6) is 0 Å². The van der Waals surface area contributed by atoms with Crippen molar-refractivity contribution in [3.05, 3.63) is 69.3 Å². The molecule has 1 N–H and O–H groups in total. The molecule has 0 radical (unpaired) electrons. The number of nitro groups is 2. The van der Waals surface area contributed by atoms with Crippen LogP contribution in [0.3, 0.4) is 0 Å². The lowest BCUT2D eigenvalue weighted by Gasteiger charge is -2.22. The maximum Gasteiger partial charge on any atom is 0.288 e. The minimum atomic E-state index is -0.459. The van der Waals surface area contributed by atoms with Crippen molar-refractivity contribution in [3.63, 3.8) is 0 Å². The molecular formula is C21H22N6O4. The van der Waals surface area contributed by atoms with Crippen molar-refractivity contribution in [2.75, 3.05) is 0 Å². The number of nitrogens with zero attached hydrogens (tertiary/aromatic N) is 5. The van der Waals surface area contributed by atoms with Crippen LogP contribution in [0.1, 0.15) is 32.1 Å². The van der Waals surface area contributed by atoms with Crippen LogP contribution < -0.4 is 0 Å². The van der Waals surface area contributed by atoms with Gasteiger partial charge in [0.25, 0.3) is 11.4 Å². The Morgan fingerprint density at radius 2 is 1.65 bits per heavy atom. The first kappa shape index (κ1) is 20.5. The Kier molecular flexibility index (Phi) is 5.87. The second-order valence-corrected chi connectivity index (χ2v) is 7.70. The minimum absolute atomic E-state index is 0.0158. The average molecular weight is 422 g/mol. The van der Waals surface area contributed by atoms with Gasteiger partial charge in [0, 0.05) is 41.8 Å². The Labute approximate surface area is 177 Å². The molecule has 0 bridgehead atoms. The number of hydrogen-bond donors (Lipinski definition) is 1. The van der Waals surface area contributed by atoms with Gasteiger partial charge in [0.05, 0.1) is 9.85 Å². The topological polar surface area (TPSA) is 133 Å². The van der Waals surface area contributed by atoms with Crippen molar-refractivity contribution >= 4 is 33.4 Å². The van der Waals surface area contributed by atoms with Crippen molar-refractivity contribution in [1.82, 2.24) is 19.5 Å². The fourth-order valence-corrected chi connectivity index (χ4v) is 3.99. The normalized spacial score (nSPS) is 14.3. The van der Waals surface area contributed by atoms with E-state index in [1.807, 2.05) is 12.3 Å². The molecule has 1 saturated carbocycles. The van der Waals surface area contributed by atoms with Crippen molar-refractivity contribution < 1.29 is 9.85 Å². The first-order valence-corrected chi connectivity index (χ1v) is 10.2. The molecule has 0 amide bonds. The molecule has 4 heterocycles. The highest BCUT2D eigenvalue weighted by Crippen LogP contribution is 2.27. The molecule has 0 spiro atoms. The third kappa shape index (κ3) is 4.68. The quantitative estimate of drug-likeness (QED) is 0.363. The van der Waals surface area contributed by atoms with Gasteiger partial charge in [-0.25, -0.2) is 9.97 Å². The number of nitrogens with one attached hydrogen (secondary N) is 1. The van der Waals surface area contributed by atoms with Gasteiger partial charge in [-0.1, -0.05) is 19.3 Å². The highest BCUT2D eigenvalue weighted by atomic mass is 16.6. The molecule has 4 aromatic heterocycles. The van der Waals surface area contributed by atoms with Crippen LogP contribution in [0.2, 0.25) is 0 Å². The van der Waals surface area contributed by atoms with Gasteiger partial charge in [0.2, 0.25) is 0 Å². The monoisotopic (exact) mass is 422 g/mol. The lowest BCUT2D eigenvalue weighted by Crippen LogP contribution is -2.13. The van der Waals surface area contributed by atoms with Crippen LogP contribution in [0.15, 0.2) is 49.1 Å². The lowest BCUT2D eigenvalue weighted by atomic mass is 9.89. The standard InChI is InChI=1S/C14H17N3O2.C7H5N3O2/c18-17(19)13-8-12-6-7-16(14(12)15-9-13)10-11-4-2-1-3-5-11;11-10(12)6-3-5-1-2-8-7(5)9-4-6/h6-9,11H,1-5,10H2;1-4H,(H,8,9). The summed E-state index contributed by atoms with van der Waals surface area (Å²) < 4.78 is 2.13. The van der Waals surface area contributed by atoms with Crippen LogP contribution in [0, 0.1) is 26.1 Å². The SMILES string of the molecule is O=[N+]([O-])c1cnc2[nH]ccc2c1.O=[N+]([O-])c1cnc2c(ccn2CC2CCCCC2)c1. The van der Waals surface area contributed by atoms with E-state index in [0.29, 0.717) is 5.65 Å². The number of rotatable bonds is 4. The predicted octanol–water partition coefficient (Wildman–Crippen LogP) is 5.00. The van der Waals surface area contributed by atoms with Crippen molar-refractivity contribution in [2.24, 2.45) is 5.92 Å². The Morgan fingerprint density at radius 3 is 2.35 bits per heavy atom. The molecule has 0 saturated heterocycles. The van der Waals surface area contributed by atoms with Gasteiger partial charge in [-0.05, 0) is 30.9 Å². The van der Waals surface area contributed by atoms with Crippen LogP contribution in [-0.4, -0.2) is 29.4 Å². The summed E-state index contributed by atoms with van der Waals surface area (Å²) in [5.74, 6) is 0.723. The summed E-state index contributed by atoms with van der Waals surface area (Å²) in [4.78, 5) is 31.2. The average Bonchev–Trinajstić information content (AvgIpc) is 3.41. The van der Waals surface area contributed by atoms with Gasteiger partial charge >= 0.3 is 0 Å². The number of pyridine rings is 2. The maximum atomic E-state index is 10.7. The molecule has 160 valence electrons. The highest BCUT2D eigenvalue weighted by molar-refractivity contribution is 5.78. The number of hydrogen-bond acceptors (Lipinski definition) is 6. The van der Waals surface area contributed by atoms with Crippen LogP contribution in [-0.2, 0) is 6.54 Å². The number of fused-ring (bicyclic) bond motifs is 2. The number of aromatic amines is 1. The van der Waals surface area contributed by atoms with E-state index in [2.05, 4.69) is 19.5 Å². The smallest absolute Gasteiger partial charge is 0.288 e. The number of H-pyrrole nitrogens is 1. The zero-order valence-electron chi connectivity index (χ0n) is 16.8. The highest BCUT2D eigenvalue weighted by Gasteiger charge is 2.16. The Hall–Kier alpha value is -3.82. The Bertz CT molecular complexity index is 1230. The maximum absolute atomic E-state index is 10.7. The summed E-state index contributed by atoms with van der Waals surface area (Å²) in [6.07, 6.45) is 12.8. The molecule has 0 aromatic carbocycles. The summed E-state index contributed by atoms with van der Waals surface area (Å²) in [5, 5.41) is 22.7. The predicted molar refractivity (Wildman–Crippen MR) is 116 cm³/mol. The molecule has 0 aliphatic heterocycles. The minimum Gasteiger partial charge on any atom is -0.346 e. The van der Waals surface area contributed by atoms with Crippen LogP contribution in [0.25, 0.3) is 22.1 Å². The second-order valence-electron chi connectivity index (χ2n) is 7.70. The lowest BCUT2D eigenvalue weighted by molar-refractivity contribution is -0.385. The van der Waals surface area contributed by atoms with Gasteiger partial charge in [-0.15, -0.1) is 0 Å². The molecule has 0 atom stereocenters. The number of aromatic nitrogens is 4. The fraction of sp³-hybridized carbons (Fsp3) is 0.333. The van der Waals surface area contributed by atoms with Gasteiger partial charge in [-0.2, -0.15) is 0 Å². The van der Waals surface area contributed by atoms with Gasteiger partial charge < -0.3 is 9.55 Å². The van der Waals surface area contributed by atoms with Gasteiger partial charge in [0.1, 0.15) is 23.7 Å². The van der Waals surface area contributed by atoms with E-state index in [9.17, 15) is 20.2 Å². The van der Waals surface area contributed by atoms with E-state index in [-0.39, 0.29) is 11.4 Å². The summed E-state index contributed by atoms with van der Waals surface area (Å²) in [6, 6.07) is 6.74. The molecule has 4 aromatic rings. The largest absolute Gasteiger partial charge is 0.346 e. The van der Waals surface area contributed by atoms with Crippen molar-refractivity contribution in [3.8, 4) is 0 Å². The van der Waals surface area contributed by atoms with E-state index in [4.69, 9.17) is 0 Å². The van der Waals surface area contributed by atoms with Crippen molar-refractivity contribution in [2.45, 2.75) is 38.6 Å². The van der Waals surface area contributed by atoms with Gasteiger partial charge in [0.15, 0.2) is 0 Å². The molecule has 10 nitrogen and oxygen atoms in total. The van der Waals surface area contributed by atoms with E-state index in [0.717, 1.165) is 28.9 Å². The molecule has 5 rings (SSSR count). The third-order valence-corrected chi connectivity index (χ3v) is 5.57. The Morgan fingerprint density at radius 1 is 0.968 bits per heavy atom. The van der Waals surface area contributed by atoms with E-state index in [1.54, 1.807) is 18.3 Å². The molecular weight excluding hydrogens is 400 g/mol. The summed E-state index contributed by atoms with van der Waals surface area (Å²) in [5.41, 5.74) is 1.60. The van der Waals surface area contributed by atoms with Crippen LogP contribution >= 0.6 is 0 Å². The summed E-state index contributed by atoms with van der Waals surface area (Å²) >= 11 is 0.